The normalized spacial score (nSPS) is 11.8. The summed E-state index contributed by atoms with van der Waals surface area (Å²) in [6.45, 7) is 5.75. The van der Waals surface area contributed by atoms with Gasteiger partial charge in [0, 0.05) is 5.69 Å². The second kappa shape index (κ2) is 6.39. The lowest BCUT2D eigenvalue weighted by atomic mass is 10.1. The van der Waals surface area contributed by atoms with Crippen LogP contribution in [0, 0.1) is 19.7 Å². The molecule has 0 bridgehead atoms. The number of hydrogen-bond acceptors (Lipinski definition) is 2. The van der Waals surface area contributed by atoms with Crippen molar-refractivity contribution in [3.05, 3.63) is 59.4 Å². The molecule has 1 atom stereocenters. The predicted octanol–water partition coefficient (Wildman–Crippen LogP) is 3.88. The lowest BCUT2D eigenvalue weighted by Gasteiger charge is -2.16. The average Bonchev–Trinajstić information content (AvgIpc) is 2.40. The van der Waals surface area contributed by atoms with Gasteiger partial charge in [-0.25, -0.2) is 4.39 Å². The summed E-state index contributed by atoms with van der Waals surface area (Å²) in [6.07, 6.45) is 0. The SMILES string of the molecule is Cc1cc(C)cc(N[C@@H](C)C(=O)Nc2ccccc2F)c1. The molecule has 0 saturated carbocycles. The van der Waals surface area contributed by atoms with Gasteiger partial charge in [0.2, 0.25) is 5.91 Å². The second-order valence-electron chi connectivity index (χ2n) is 5.21. The molecular formula is C17H19FN2O. The Labute approximate surface area is 124 Å². The van der Waals surface area contributed by atoms with Gasteiger partial charge in [-0.05, 0) is 56.2 Å². The van der Waals surface area contributed by atoms with Crippen LogP contribution in [-0.2, 0) is 4.79 Å². The molecule has 2 N–H and O–H groups in total. The molecule has 2 aromatic carbocycles. The number of halogens is 1. The lowest BCUT2D eigenvalue weighted by Crippen LogP contribution is -2.32. The summed E-state index contributed by atoms with van der Waals surface area (Å²) >= 11 is 0. The summed E-state index contributed by atoms with van der Waals surface area (Å²) in [5.74, 6) is -0.719. The molecule has 0 aliphatic carbocycles. The molecule has 0 unspecified atom stereocenters. The third-order valence-corrected chi connectivity index (χ3v) is 3.13. The summed E-state index contributed by atoms with van der Waals surface area (Å²) in [5.41, 5.74) is 3.32. The van der Waals surface area contributed by atoms with Crippen molar-refractivity contribution in [3.8, 4) is 0 Å². The number of anilines is 2. The van der Waals surface area contributed by atoms with Crippen LogP contribution < -0.4 is 10.6 Å². The van der Waals surface area contributed by atoms with Gasteiger partial charge in [0.15, 0.2) is 0 Å². The zero-order valence-corrected chi connectivity index (χ0v) is 12.4. The molecule has 0 heterocycles. The first-order valence-corrected chi connectivity index (χ1v) is 6.86. The quantitative estimate of drug-likeness (QED) is 0.895. The van der Waals surface area contributed by atoms with E-state index in [4.69, 9.17) is 0 Å². The molecule has 3 nitrogen and oxygen atoms in total. The molecule has 21 heavy (non-hydrogen) atoms. The Bertz CT molecular complexity index is 635. The van der Waals surface area contributed by atoms with Crippen LogP contribution in [0.1, 0.15) is 18.1 Å². The van der Waals surface area contributed by atoms with Crippen molar-refractivity contribution in [2.75, 3.05) is 10.6 Å². The highest BCUT2D eigenvalue weighted by Crippen LogP contribution is 2.16. The molecule has 1 amide bonds. The molecule has 0 aliphatic rings. The summed E-state index contributed by atoms with van der Waals surface area (Å²) in [5, 5.41) is 5.71. The monoisotopic (exact) mass is 286 g/mol. The molecule has 2 rings (SSSR count). The van der Waals surface area contributed by atoms with E-state index in [-0.39, 0.29) is 11.6 Å². The first-order chi connectivity index (χ1) is 9.95. The van der Waals surface area contributed by atoms with E-state index >= 15 is 0 Å². The van der Waals surface area contributed by atoms with Crippen LogP contribution in [0.2, 0.25) is 0 Å². The van der Waals surface area contributed by atoms with E-state index in [0.717, 1.165) is 16.8 Å². The number of nitrogens with one attached hydrogen (secondary N) is 2. The van der Waals surface area contributed by atoms with Gasteiger partial charge in [-0.15, -0.1) is 0 Å². The fourth-order valence-corrected chi connectivity index (χ4v) is 2.18. The molecule has 0 spiro atoms. The zero-order valence-electron chi connectivity index (χ0n) is 12.4. The van der Waals surface area contributed by atoms with Crippen LogP contribution in [0.5, 0.6) is 0 Å². The van der Waals surface area contributed by atoms with E-state index in [2.05, 4.69) is 16.7 Å². The van der Waals surface area contributed by atoms with Crippen LogP contribution in [0.3, 0.4) is 0 Å². The van der Waals surface area contributed by atoms with Crippen LogP contribution in [0.25, 0.3) is 0 Å². The first kappa shape index (κ1) is 15.0. The Morgan fingerprint density at radius 2 is 1.71 bits per heavy atom. The molecule has 0 aromatic heterocycles. The number of amides is 1. The molecule has 0 radical (unpaired) electrons. The minimum atomic E-state index is -0.467. The van der Waals surface area contributed by atoms with E-state index in [1.165, 1.54) is 12.1 Å². The maximum atomic E-state index is 13.5. The Kier molecular flexibility index (Phi) is 4.58. The third kappa shape index (κ3) is 4.05. The van der Waals surface area contributed by atoms with Crippen molar-refractivity contribution in [1.29, 1.82) is 0 Å². The predicted molar refractivity (Wildman–Crippen MR) is 84.0 cm³/mol. The number of hydrogen-bond donors (Lipinski definition) is 2. The maximum absolute atomic E-state index is 13.5. The zero-order chi connectivity index (χ0) is 15.4. The van der Waals surface area contributed by atoms with E-state index in [1.54, 1.807) is 19.1 Å². The highest BCUT2D eigenvalue weighted by atomic mass is 19.1. The molecule has 0 fully saturated rings. The van der Waals surface area contributed by atoms with Gasteiger partial charge in [-0.2, -0.15) is 0 Å². The Hall–Kier alpha value is -2.36. The van der Waals surface area contributed by atoms with Gasteiger partial charge in [0.05, 0.1) is 5.69 Å². The fourth-order valence-electron chi connectivity index (χ4n) is 2.18. The average molecular weight is 286 g/mol. The second-order valence-corrected chi connectivity index (χ2v) is 5.21. The number of carbonyl (C=O) groups excluding carboxylic acids is 1. The van der Waals surface area contributed by atoms with Crippen LogP contribution >= 0.6 is 0 Å². The third-order valence-electron chi connectivity index (χ3n) is 3.13. The van der Waals surface area contributed by atoms with Crippen LogP contribution in [-0.4, -0.2) is 11.9 Å². The topological polar surface area (TPSA) is 41.1 Å². The number of carbonyl (C=O) groups is 1. The van der Waals surface area contributed by atoms with Crippen molar-refractivity contribution >= 4 is 17.3 Å². The van der Waals surface area contributed by atoms with Crippen molar-refractivity contribution in [1.82, 2.24) is 0 Å². The van der Waals surface area contributed by atoms with E-state index < -0.39 is 11.9 Å². The smallest absolute Gasteiger partial charge is 0.246 e. The van der Waals surface area contributed by atoms with Crippen molar-refractivity contribution in [2.24, 2.45) is 0 Å². The van der Waals surface area contributed by atoms with Gasteiger partial charge in [0.1, 0.15) is 11.9 Å². The van der Waals surface area contributed by atoms with E-state index in [9.17, 15) is 9.18 Å². The number of aryl methyl sites for hydroxylation is 2. The Morgan fingerprint density at radius 3 is 2.33 bits per heavy atom. The van der Waals surface area contributed by atoms with Gasteiger partial charge in [-0.1, -0.05) is 18.2 Å². The molecule has 0 saturated heterocycles. The molecule has 4 heteroatoms. The Morgan fingerprint density at radius 1 is 1.10 bits per heavy atom. The number of para-hydroxylation sites is 1. The highest BCUT2D eigenvalue weighted by molar-refractivity contribution is 5.96. The van der Waals surface area contributed by atoms with Crippen molar-refractivity contribution < 1.29 is 9.18 Å². The Balaban J connectivity index is 2.04. The fraction of sp³-hybridized carbons (Fsp3) is 0.235. The minimum Gasteiger partial charge on any atom is -0.374 e. The van der Waals surface area contributed by atoms with Crippen LogP contribution in [0.4, 0.5) is 15.8 Å². The van der Waals surface area contributed by atoms with Gasteiger partial charge < -0.3 is 10.6 Å². The molecular weight excluding hydrogens is 267 g/mol. The standard InChI is InChI=1S/C17H19FN2O/c1-11-8-12(2)10-14(9-11)19-13(3)17(21)20-16-7-5-4-6-15(16)18/h4-10,13,19H,1-3H3,(H,20,21)/t13-/m0/s1. The summed E-state index contributed by atoms with van der Waals surface area (Å²) in [6, 6.07) is 11.7. The highest BCUT2D eigenvalue weighted by Gasteiger charge is 2.14. The largest absolute Gasteiger partial charge is 0.374 e. The van der Waals surface area contributed by atoms with Gasteiger partial charge in [0.25, 0.3) is 0 Å². The summed E-state index contributed by atoms with van der Waals surface area (Å²) in [7, 11) is 0. The molecule has 0 aliphatic heterocycles. The minimum absolute atomic E-state index is 0.191. The molecule has 2 aromatic rings. The van der Waals surface area contributed by atoms with Crippen LogP contribution in [0.15, 0.2) is 42.5 Å². The summed E-state index contributed by atoms with van der Waals surface area (Å²) < 4.78 is 13.5. The van der Waals surface area contributed by atoms with Crippen molar-refractivity contribution in [2.45, 2.75) is 26.8 Å². The van der Waals surface area contributed by atoms with E-state index in [0.29, 0.717) is 0 Å². The summed E-state index contributed by atoms with van der Waals surface area (Å²) in [4.78, 5) is 12.1. The lowest BCUT2D eigenvalue weighted by molar-refractivity contribution is -0.116. The van der Waals surface area contributed by atoms with Crippen molar-refractivity contribution in [3.63, 3.8) is 0 Å². The van der Waals surface area contributed by atoms with Gasteiger partial charge in [-0.3, -0.25) is 4.79 Å². The molecule has 110 valence electrons. The number of benzene rings is 2. The number of rotatable bonds is 4. The first-order valence-electron chi connectivity index (χ1n) is 6.86. The maximum Gasteiger partial charge on any atom is 0.246 e. The van der Waals surface area contributed by atoms with E-state index in [1.807, 2.05) is 26.0 Å². The van der Waals surface area contributed by atoms with Gasteiger partial charge >= 0.3 is 0 Å².